The molecule has 112 valence electrons. The van der Waals surface area contributed by atoms with Gasteiger partial charge in [0, 0.05) is 11.6 Å². The van der Waals surface area contributed by atoms with Gasteiger partial charge in [-0.05, 0) is 37.4 Å². The highest BCUT2D eigenvalue weighted by Gasteiger charge is 2.24. The molecule has 0 amide bonds. The van der Waals surface area contributed by atoms with Crippen molar-refractivity contribution in [2.75, 3.05) is 19.7 Å². The maximum atomic E-state index is 6.09. The van der Waals surface area contributed by atoms with Crippen LogP contribution in [-0.2, 0) is 16.1 Å². The molecular formula is C16H24ClNO2. The average molecular weight is 298 g/mol. The number of halogens is 1. The van der Waals surface area contributed by atoms with Crippen molar-refractivity contribution >= 4 is 11.6 Å². The van der Waals surface area contributed by atoms with E-state index in [0.29, 0.717) is 19.3 Å². The van der Waals surface area contributed by atoms with E-state index in [9.17, 15) is 0 Å². The quantitative estimate of drug-likeness (QED) is 0.746. The highest BCUT2D eigenvalue weighted by Crippen LogP contribution is 2.21. The molecule has 1 saturated heterocycles. The molecule has 2 atom stereocenters. The van der Waals surface area contributed by atoms with Crippen LogP contribution in [0.4, 0.5) is 0 Å². The third-order valence-corrected chi connectivity index (χ3v) is 3.88. The Labute approximate surface area is 126 Å². The highest BCUT2D eigenvalue weighted by atomic mass is 35.5. The van der Waals surface area contributed by atoms with Crippen LogP contribution < -0.4 is 5.32 Å². The van der Waals surface area contributed by atoms with Crippen LogP contribution in [-0.4, -0.2) is 31.9 Å². The summed E-state index contributed by atoms with van der Waals surface area (Å²) in [6, 6.07) is 7.79. The van der Waals surface area contributed by atoms with Gasteiger partial charge in [-0.1, -0.05) is 36.7 Å². The van der Waals surface area contributed by atoms with E-state index >= 15 is 0 Å². The Kier molecular flexibility index (Phi) is 6.80. The molecule has 1 aromatic carbocycles. The molecule has 2 rings (SSSR count). The number of hydrogen-bond acceptors (Lipinski definition) is 3. The van der Waals surface area contributed by atoms with Gasteiger partial charge in [0.25, 0.3) is 0 Å². The van der Waals surface area contributed by atoms with E-state index in [2.05, 4.69) is 12.2 Å². The van der Waals surface area contributed by atoms with Crippen LogP contribution in [0.2, 0.25) is 5.02 Å². The SMILES string of the molecule is CCCNCC1CCC(COCc2ccccc2Cl)O1. The zero-order valence-electron chi connectivity index (χ0n) is 12.1. The van der Waals surface area contributed by atoms with E-state index < -0.39 is 0 Å². The predicted octanol–water partition coefficient (Wildman–Crippen LogP) is 3.40. The lowest BCUT2D eigenvalue weighted by Gasteiger charge is -2.14. The Morgan fingerprint density at radius 2 is 2.10 bits per heavy atom. The van der Waals surface area contributed by atoms with Crippen molar-refractivity contribution < 1.29 is 9.47 Å². The Morgan fingerprint density at radius 1 is 1.30 bits per heavy atom. The number of rotatable bonds is 8. The van der Waals surface area contributed by atoms with Gasteiger partial charge in [-0.2, -0.15) is 0 Å². The molecular weight excluding hydrogens is 274 g/mol. The van der Waals surface area contributed by atoms with Gasteiger partial charge >= 0.3 is 0 Å². The lowest BCUT2D eigenvalue weighted by Crippen LogP contribution is -2.28. The highest BCUT2D eigenvalue weighted by molar-refractivity contribution is 6.31. The Bertz CT molecular complexity index is 400. The molecule has 0 spiro atoms. The maximum Gasteiger partial charge on any atom is 0.0814 e. The lowest BCUT2D eigenvalue weighted by atomic mass is 10.2. The molecule has 0 aliphatic carbocycles. The summed E-state index contributed by atoms with van der Waals surface area (Å²) in [5, 5.41) is 4.17. The number of ether oxygens (including phenoxy) is 2. The van der Waals surface area contributed by atoms with Crippen molar-refractivity contribution in [3.63, 3.8) is 0 Å². The van der Waals surface area contributed by atoms with Crippen molar-refractivity contribution in [3.05, 3.63) is 34.9 Å². The first-order valence-electron chi connectivity index (χ1n) is 7.47. The van der Waals surface area contributed by atoms with Crippen LogP contribution in [0.25, 0.3) is 0 Å². The van der Waals surface area contributed by atoms with E-state index in [0.717, 1.165) is 42.9 Å². The third-order valence-electron chi connectivity index (χ3n) is 3.51. The Balaban J connectivity index is 1.62. The molecule has 0 radical (unpaired) electrons. The molecule has 1 aliphatic heterocycles. The fourth-order valence-electron chi connectivity index (χ4n) is 2.41. The molecule has 1 fully saturated rings. The lowest BCUT2D eigenvalue weighted by molar-refractivity contribution is -0.0189. The van der Waals surface area contributed by atoms with E-state index in [1.54, 1.807) is 0 Å². The zero-order chi connectivity index (χ0) is 14.2. The van der Waals surface area contributed by atoms with Crippen LogP contribution in [0.5, 0.6) is 0 Å². The van der Waals surface area contributed by atoms with Gasteiger partial charge in [0.2, 0.25) is 0 Å². The minimum atomic E-state index is 0.228. The summed E-state index contributed by atoms with van der Waals surface area (Å²) >= 11 is 6.09. The molecule has 1 aromatic rings. The summed E-state index contributed by atoms with van der Waals surface area (Å²) in [7, 11) is 0. The summed E-state index contributed by atoms with van der Waals surface area (Å²) in [4.78, 5) is 0. The van der Waals surface area contributed by atoms with Gasteiger partial charge < -0.3 is 14.8 Å². The normalized spacial score (nSPS) is 22.3. The summed E-state index contributed by atoms with van der Waals surface area (Å²) in [5.41, 5.74) is 1.04. The van der Waals surface area contributed by atoms with Crippen LogP contribution >= 0.6 is 11.6 Å². The summed E-state index contributed by atoms with van der Waals surface area (Å²) in [6.45, 7) is 5.39. The third kappa shape index (κ3) is 5.06. The van der Waals surface area contributed by atoms with Crippen molar-refractivity contribution in [1.29, 1.82) is 0 Å². The smallest absolute Gasteiger partial charge is 0.0814 e. The average Bonchev–Trinajstić information content (AvgIpc) is 2.89. The minimum absolute atomic E-state index is 0.228. The van der Waals surface area contributed by atoms with E-state index in [-0.39, 0.29) is 6.10 Å². The van der Waals surface area contributed by atoms with Gasteiger partial charge in [0.05, 0.1) is 25.4 Å². The van der Waals surface area contributed by atoms with Gasteiger partial charge in [-0.3, -0.25) is 0 Å². The molecule has 20 heavy (non-hydrogen) atoms. The summed E-state index contributed by atoms with van der Waals surface area (Å²) < 4.78 is 11.7. The molecule has 1 N–H and O–H groups in total. The monoisotopic (exact) mass is 297 g/mol. The van der Waals surface area contributed by atoms with Crippen molar-refractivity contribution in [1.82, 2.24) is 5.32 Å². The topological polar surface area (TPSA) is 30.5 Å². The molecule has 0 aromatic heterocycles. The van der Waals surface area contributed by atoms with Crippen LogP contribution in [0.15, 0.2) is 24.3 Å². The molecule has 1 heterocycles. The molecule has 3 nitrogen and oxygen atoms in total. The van der Waals surface area contributed by atoms with Crippen LogP contribution in [0.1, 0.15) is 31.7 Å². The van der Waals surface area contributed by atoms with Crippen molar-refractivity contribution in [2.24, 2.45) is 0 Å². The first-order valence-corrected chi connectivity index (χ1v) is 7.84. The fraction of sp³-hybridized carbons (Fsp3) is 0.625. The van der Waals surface area contributed by atoms with E-state index in [1.165, 1.54) is 0 Å². The maximum absolute atomic E-state index is 6.09. The van der Waals surface area contributed by atoms with Gasteiger partial charge in [-0.15, -0.1) is 0 Å². The molecule has 4 heteroatoms. The van der Waals surface area contributed by atoms with Gasteiger partial charge in [0.1, 0.15) is 0 Å². The summed E-state index contributed by atoms with van der Waals surface area (Å²) in [5.74, 6) is 0. The molecule has 1 aliphatic rings. The molecule has 0 saturated carbocycles. The number of benzene rings is 1. The van der Waals surface area contributed by atoms with E-state index in [4.69, 9.17) is 21.1 Å². The largest absolute Gasteiger partial charge is 0.374 e. The molecule has 0 bridgehead atoms. The summed E-state index contributed by atoms with van der Waals surface area (Å²) in [6.07, 6.45) is 3.94. The van der Waals surface area contributed by atoms with E-state index in [1.807, 2.05) is 24.3 Å². The first kappa shape index (κ1) is 15.8. The van der Waals surface area contributed by atoms with Crippen LogP contribution in [0, 0.1) is 0 Å². The molecule has 2 unspecified atom stereocenters. The van der Waals surface area contributed by atoms with Gasteiger partial charge in [0.15, 0.2) is 0 Å². The standard InChI is InChI=1S/C16H24ClNO2/c1-2-9-18-10-14-7-8-15(20-14)12-19-11-13-5-3-4-6-16(13)17/h3-6,14-15,18H,2,7-12H2,1H3. The number of hydrogen-bond donors (Lipinski definition) is 1. The zero-order valence-corrected chi connectivity index (χ0v) is 12.9. The Morgan fingerprint density at radius 3 is 2.90 bits per heavy atom. The minimum Gasteiger partial charge on any atom is -0.374 e. The fourth-order valence-corrected chi connectivity index (χ4v) is 2.60. The second-order valence-electron chi connectivity index (χ2n) is 5.27. The first-order chi connectivity index (χ1) is 9.79. The Hall–Kier alpha value is -0.610. The van der Waals surface area contributed by atoms with Crippen molar-refractivity contribution in [2.45, 2.75) is 45.0 Å². The second-order valence-corrected chi connectivity index (χ2v) is 5.68. The second kappa shape index (κ2) is 8.63. The van der Waals surface area contributed by atoms with Crippen LogP contribution in [0.3, 0.4) is 0 Å². The predicted molar refractivity (Wildman–Crippen MR) is 82.2 cm³/mol. The van der Waals surface area contributed by atoms with Gasteiger partial charge in [-0.25, -0.2) is 0 Å². The number of nitrogens with one attached hydrogen (secondary N) is 1. The van der Waals surface area contributed by atoms with Crippen molar-refractivity contribution in [3.8, 4) is 0 Å².